The van der Waals surface area contributed by atoms with Crippen LogP contribution in [0.2, 0.25) is 0 Å². The predicted molar refractivity (Wildman–Crippen MR) is 68.9 cm³/mol. The van der Waals surface area contributed by atoms with E-state index >= 15 is 0 Å². The zero-order valence-electron chi connectivity index (χ0n) is 11.7. The summed E-state index contributed by atoms with van der Waals surface area (Å²) in [5, 5.41) is 2.68. The molecular weight excluding hydrogens is 287 g/mol. The molecule has 1 aliphatic rings. The molecule has 0 aliphatic carbocycles. The molecule has 114 valence electrons. The molecule has 1 aromatic carbocycles. The van der Waals surface area contributed by atoms with Gasteiger partial charge in [0.05, 0.1) is 12.7 Å². The fourth-order valence-corrected chi connectivity index (χ4v) is 2.02. The Morgan fingerprint density at radius 2 is 2.00 bits per heavy atom. The molecule has 0 saturated carbocycles. The van der Waals surface area contributed by atoms with Crippen molar-refractivity contribution >= 4 is 11.4 Å². The highest BCUT2D eigenvalue weighted by Crippen LogP contribution is 2.37. The molecule has 1 aromatic rings. The van der Waals surface area contributed by atoms with Gasteiger partial charge >= 0.3 is 6.18 Å². The van der Waals surface area contributed by atoms with Crippen LogP contribution in [0.25, 0.3) is 5.57 Å². The molecule has 0 amide bonds. The number of hydrogen-bond donors (Lipinski definition) is 1. The Bertz CT molecular complexity index is 610. The summed E-state index contributed by atoms with van der Waals surface area (Å²) < 4.78 is 48.7. The normalized spacial score (nSPS) is 22.5. The number of ketones is 1. The first-order chi connectivity index (χ1) is 9.73. The maximum absolute atomic E-state index is 12.8. The molecule has 1 aliphatic heterocycles. The third-order valence-corrected chi connectivity index (χ3v) is 3.30. The number of alkyl halides is 3. The van der Waals surface area contributed by atoms with Gasteiger partial charge in [0.15, 0.2) is 0 Å². The molecule has 1 atom stereocenters. The number of halogens is 3. The van der Waals surface area contributed by atoms with E-state index in [0.717, 1.165) is 12.1 Å². The lowest BCUT2D eigenvalue weighted by molar-refractivity contribution is -0.137. The molecule has 1 unspecified atom stereocenters. The zero-order chi connectivity index (χ0) is 15.8. The highest BCUT2D eigenvalue weighted by molar-refractivity contribution is 6.26. The summed E-state index contributed by atoms with van der Waals surface area (Å²) in [6.07, 6.45) is -4.49. The topological polar surface area (TPSA) is 47.6 Å². The lowest BCUT2D eigenvalue weighted by atomic mass is 9.97. The minimum atomic E-state index is -4.49. The SMILES string of the molecule is CNC1(C)OC(OC)=C(c2cccc(C(F)(F)F)c2)C1=O. The monoisotopic (exact) mass is 301 g/mol. The van der Waals surface area contributed by atoms with Crippen molar-refractivity contribution in [2.75, 3.05) is 14.2 Å². The largest absolute Gasteiger partial charge is 0.468 e. The van der Waals surface area contributed by atoms with Gasteiger partial charge in [0, 0.05) is 0 Å². The summed E-state index contributed by atoms with van der Waals surface area (Å²) in [6, 6.07) is 4.48. The highest BCUT2D eigenvalue weighted by atomic mass is 19.4. The van der Waals surface area contributed by atoms with E-state index in [-0.39, 0.29) is 17.1 Å². The van der Waals surface area contributed by atoms with E-state index in [4.69, 9.17) is 9.47 Å². The molecule has 4 nitrogen and oxygen atoms in total. The van der Waals surface area contributed by atoms with Crippen molar-refractivity contribution in [1.82, 2.24) is 5.32 Å². The molecule has 0 aromatic heterocycles. The van der Waals surface area contributed by atoms with Crippen molar-refractivity contribution in [1.29, 1.82) is 0 Å². The second kappa shape index (κ2) is 5.07. The average Bonchev–Trinajstić information content (AvgIpc) is 2.71. The fraction of sp³-hybridized carbons (Fsp3) is 0.357. The third-order valence-electron chi connectivity index (χ3n) is 3.30. The Hall–Kier alpha value is -2.02. The minimum Gasteiger partial charge on any atom is -0.468 e. The number of Topliss-reactive ketones (excluding diaryl/α,β-unsaturated/α-hetero) is 1. The van der Waals surface area contributed by atoms with Gasteiger partial charge in [0.2, 0.25) is 11.5 Å². The van der Waals surface area contributed by atoms with Crippen molar-refractivity contribution < 1.29 is 27.4 Å². The molecule has 1 heterocycles. The Morgan fingerprint density at radius 3 is 2.52 bits per heavy atom. The molecule has 0 radical (unpaired) electrons. The maximum atomic E-state index is 12.8. The molecule has 2 rings (SSSR count). The second-order valence-electron chi connectivity index (χ2n) is 4.66. The predicted octanol–water partition coefficient (Wildman–Crippen LogP) is 2.56. The van der Waals surface area contributed by atoms with Gasteiger partial charge in [-0.2, -0.15) is 13.2 Å². The first-order valence-electron chi connectivity index (χ1n) is 6.11. The molecule has 0 fully saturated rings. The van der Waals surface area contributed by atoms with Crippen LogP contribution in [0.1, 0.15) is 18.1 Å². The van der Waals surface area contributed by atoms with Gasteiger partial charge in [-0.1, -0.05) is 12.1 Å². The Labute approximate surface area is 119 Å². The van der Waals surface area contributed by atoms with E-state index < -0.39 is 23.2 Å². The van der Waals surface area contributed by atoms with Crippen LogP contribution in [0.5, 0.6) is 0 Å². The van der Waals surface area contributed by atoms with Gasteiger partial charge in [0.1, 0.15) is 5.57 Å². The molecule has 1 N–H and O–H groups in total. The first-order valence-corrected chi connectivity index (χ1v) is 6.11. The standard InChI is InChI=1S/C14H14F3NO3/c1-13(18-2)11(19)10(12(20-3)21-13)8-5-4-6-9(7-8)14(15,16)17/h4-7,18H,1-3H3. The number of hydrogen-bond acceptors (Lipinski definition) is 4. The zero-order valence-corrected chi connectivity index (χ0v) is 11.7. The van der Waals surface area contributed by atoms with E-state index in [1.165, 1.54) is 33.2 Å². The Balaban J connectivity index is 2.52. The first kappa shape index (κ1) is 15.4. The van der Waals surface area contributed by atoms with E-state index in [2.05, 4.69) is 5.32 Å². The molecule has 7 heteroatoms. The molecule has 0 saturated heterocycles. The van der Waals surface area contributed by atoms with Gasteiger partial charge in [0.25, 0.3) is 5.95 Å². The molecule has 21 heavy (non-hydrogen) atoms. The van der Waals surface area contributed by atoms with Gasteiger partial charge < -0.3 is 9.47 Å². The van der Waals surface area contributed by atoms with E-state index in [0.29, 0.717) is 0 Å². The number of carbonyl (C=O) groups is 1. The number of nitrogens with one attached hydrogen (secondary N) is 1. The number of benzene rings is 1. The number of ether oxygens (including phenoxy) is 2. The number of methoxy groups -OCH3 is 1. The van der Waals surface area contributed by atoms with E-state index in [9.17, 15) is 18.0 Å². The van der Waals surface area contributed by atoms with Gasteiger partial charge in [-0.3, -0.25) is 10.1 Å². The molecular formula is C14H14F3NO3. The quantitative estimate of drug-likeness (QED) is 0.932. The van der Waals surface area contributed by atoms with E-state index in [1.807, 2.05) is 0 Å². The summed E-state index contributed by atoms with van der Waals surface area (Å²) in [5.41, 5.74) is -2.10. The lowest BCUT2D eigenvalue weighted by Gasteiger charge is -2.21. The number of likely N-dealkylation sites (N-methyl/N-ethyl adjacent to an activating group) is 1. The van der Waals surface area contributed by atoms with Crippen molar-refractivity contribution in [3.8, 4) is 0 Å². The average molecular weight is 301 g/mol. The van der Waals surface area contributed by atoms with Crippen LogP contribution in [-0.4, -0.2) is 25.7 Å². The highest BCUT2D eigenvalue weighted by Gasteiger charge is 2.46. The van der Waals surface area contributed by atoms with Crippen LogP contribution in [0.15, 0.2) is 30.2 Å². The van der Waals surface area contributed by atoms with Crippen LogP contribution < -0.4 is 5.32 Å². The molecule has 0 bridgehead atoms. The van der Waals surface area contributed by atoms with Crippen LogP contribution in [-0.2, 0) is 20.4 Å². The second-order valence-corrected chi connectivity index (χ2v) is 4.66. The number of carbonyl (C=O) groups excluding carboxylic acids is 1. The summed E-state index contributed by atoms with van der Waals surface area (Å²) in [5.74, 6) is -0.586. The van der Waals surface area contributed by atoms with Crippen molar-refractivity contribution in [2.24, 2.45) is 0 Å². The van der Waals surface area contributed by atoms with Gasteiger partial charge in [-0.05, 0) is 31.7 Å². The third kappa shape index (κ3) is 2.61. The van der Waals surface area contributed by atoms with Gasteiger partial charge in [-0.25, -0.2) is 0 Å². The van der Waals surface area contributed by atoms with Crippen molar-refractivity contribution in [3.05, 3.63) is 41.3 Å². The van der Waals surface area contributed by atoms with Crippen LogP contribution in [0.4, 0.5) is 13.2 Å². The fourth-order valence-electron chi connectivity index (χ4n) is 2.02. The molecule has 0 spiro atoms. The van der Waals surface area contributed by atoms with Gasteiger partial charge in [-0.15, -0.1) is 0 Å². The maximum Gasteiger partial charge on any atom is 0.416 e. The summed E-state index contributed by atoms with van der Waals surface area (Å²) >= 11 is 0. The summed E-state index contributed by atoms with van der Waals surface area (Å²) in [6.45, 7) is 1.48. The van der Waals surface area contributed by atoms with Crippen LogP contribution >= 0.6 is 0 Å². The van der Waals surface area contributed by atoms with E-state index in [1.54, 1.807) is 0 Å². The van der Waals surface area contributed by atoms with Crippen molar-refractivity contribution in [3.63, 3.8) is 0 Å². The van der Waals surface area contributed by atoms with Crippen molar-refractivity contribution in [2.45, 2.75) is 18.8 Å². The smallest absolute Gasteiger partial charge is 0.416 e. The Morgan fingerprint density at radius 1 is 1.33 bits per heavy atom. The summed E-state index contributed by atoms with van der Waals surface area (Å²) in [4.78, 5) is 12.4. The lowest BCUT2D eigenvalue weighted by Crippen LogP contribution is -2.46. The Kier molecular flexibility index (Phi) is 3.71. The minimum absolute atomic E-state index is 0.0135. The number of rotatable bonds is 3. The summed E-state index contributed by atoms with van der Waals surface area (Å²) in [7, 11) is 2.80. The van der Waals surface area contributed by atoms with Crippen LogP contribution in [0, 0.1) is 0 Å². The van der Waals surface area contributed by atoms with Crippen LogP contribution in [0.3, 0.4) is 0 Å².